The molecule has 98 valence electrons. The summed E-state index contributed by atoms with van der Waals surface area (Å²) in [6.45, 7) is 0. The Hall–Kier alpha value is -1.39. The fourth-order valence-electron chi connectivity index (χ4n) is 1.72. The number of benzene rings is 2. The topological polar surface area (TPSA) is 43.1 Å². The molecule has 2 rings (SSSR count). The molecule has 0 fully saturated rings. The third-order valence-electron chi connectivity index (χ3n) is 2.65. The summed E-state index contributed by atoms with van der Waals surface area (Å²) in [5, 5.41) is -0.0848. The first kappa shape index (κ1) is 14.0. The molecule has 0 bridgehead atoms. The third-order valence-corrected chi connectivity index (χ3v) is 3.91. The van der Waals surface area contributed by atoms with E-state index in [1.807, 2.05) is 0 Å². The highest BCUT2D eigenvalue weighted by molar-refractivity contribution is 9.10. The number of halogens is 3. The van der Waals surface area contributed by atoms with Crippen molar-refractivity contribution in [2.24, 2.45) is 0 Å². The van der Waals surface area contributed by atoms with Crippen LogP contribution in [0.4, 0.5) is 10.1 Å². The van der Waals surface area contributed by atoms with Crippen molar-refractivity contribution in [3.05, 3.63) is 62.8 Å². The highest BCUT2D eigenvalue weighted by atomic mass is 79.9. The number of hydrogen-bond donors (Lipinski definition) is 1. The Kier molecular flexibility index (Phi) is 4.22. The molecular weight excluding hydrogens is 333 g/mol. The molecular formula is C14H10BrClFNO. The van der Waals surface area contributed by atoms with E-state index < -0.39 is 5.82 Å². The lowest BCUT2D eigenvalue weighted by Gasteiger charge is -2.06. The van der Waals surface area contributed by atoms with E-state index in [9.17, 15) is 9.18 Å². The molecule has 2 nitrogen and oxygen atoms in total. The number of ketones is 1. The smallest absolute Gasteiger partial charge is 0.170 e. The van der Waals surface area contributed by atoms with Crippen molar-refractivity contribution < 1.29 is 9.18 Å². The summed E-state index contributed by atoms with van der Waals surface area (Å²) in [6.07, 6.45) is 0.0833. The third kappa shape index (κ3) is 3.14. The van der Waals surface area contributed by atoms with E-state index in [0.717, 1.165) is 5.56 Å². The van der Waals surface area contributed by atoms with Gasteiger partial charge in [0.15, 0.2) is 11.6 Å². The minimum atomic E-state index is -0.704. The van der Waals surface area contributed by atoms with E-state index in [2.05, 4.69) is 15.9 Å². The van der Waals surface area contributed by atoms with Crippen LogP contribution in [-0.2, 0) is 6.42 Å². The molecule has 0 amide bonds. The summed E-state index contributed by atoms with van der Waals surface area (Å²) >= 11 is 8.87. The van der Waals surface area contributed by atoms with Crippen molar-refractivity contribution in [2.75, 3.05) is 5.73 Å². The van der Waals surface area contributed by atoms with Crippen molar-refractivity contribution in [3.8, 4) is 0 Å². The van der Waals surface area contributed by atoms with E-state index >= 15 is 0 Å². The van der Waals surface area contributed by atoms with Gasteiger partial charge in [0.2, 0.25) is 0 Å². The van der Waals surface area contributed by atoms with Gasteiger partial charge in [0.25, 0.3) is 0 Å². The number of hydrogen-bond acceptors (Lipinski definition) is 2. The van der Waals surface area contributed by atoms with E-state index in [-0.39, 0.29) is 22.8 Å². The lowest BCUT2D eigenvalue weighted by molar-refractivity contribution is 0.0989. The van der Waals surface area contributed by atoms with Gasteiger partial charge in [-0.25, -0.2) is 4.39 Å². The molecule has 0 spiro atoms. The molecule has 0 saturated carbocycles. The van der Waals surface area contributed by atoms with Crippen LogP contribution in [-0.4, -0.2) is 5.78 Å². The van der Waals surface area contributed by atoms with Crippen molar-refractivity contribution >= 4 is 39.0 Å². The van der Waals surface area contributed by atoms with Crippen molar-refractivity contribution in [1.82, 2.24) is 0 Å². The van der Waals surface area contributed by atoms with Crippen molar-refractivity contribution in [1.29, 1.82) is 0 Å². The standard InChI is InChI=1S/C14H10BrClFNO/c15-11-5-4-10(14(17)13(11)16)12(19)7-8-2-1-3-9(18)6-8/h1-6H,7,18H2. The highest BCUT2D eigenvalue weighted by Gasteiger charge is 2.16. The maximum Gasteiger partial charge on any atom is 0.170 e. The monoisotopic (exact) mass is 341 g/mol. The van der Waals surface area contributed by atoms with Gasteiger partial charge in [0.05, 0.1) is 10.6 Å². The second-order valence-corrected chi connectivity index (χ2v) is 5.30. The van der Waals surface area contributed by atoms with Gasteiger partial charge in [-0.2, -0.15) is 0 Å². The zero-order chi connectivity index (χ0) is 14.0. The quantitative estimate of drug-likeness (QED) is 0.515. The van der Waals surface area contributed by atoms with Gasteiger partial charge in [-0.05, 0) is 45.8 Å². The molecule has 0 aliphatic carbocycles. The average Bonchev–Trinajstić information content (AvgIpc) is 2.36. The number of carbonyl (C=O) groups is 1. The number of nitrogen functional groups attached to an aromatic ring is 1. The van der Waals surface area contributed by atoms with Gasteiger partial charge >= 0.3 is 0 Å². The summed E-state index contributed by atoms with van der Waals surface area (Å²) in [7, 11) is 0. The van der Waals surface area contributed by atoms with Crippen molar-refractivity contribution in [3.63, 3.8) is 0 Å². The molecule has 0 unspecified atom stereocenters. The molecule has 0 aromatic heterocycles. The van der Waals surface area contributed by atoms with Gasteiger partial charge in [0, 0.05) is 16.6 Å². The van der Waals surface area contributed by atoms with Crippen LogP contribution in [0.5, 0.6) is 0 Å². The summed E-state index contributed by atoms with van der Waals surface area (Å²) in [5.41, 5.74) is 6.92. The second kappa shape index (κ2) is 5.72. The highest BCUT2D eigenvalue weighted by Crippen LogP contribution is 2.28. The Balaban J connectivity index is 2.28. The lowest BCUT2D eigenvalue weighted by atomic mass is 10.0. The fraction of sp³-hybridized carbons (Fsp3) is 0.0714. The predicted molar refractivity (Wildman–Crippen MR) is 78.0 cm³/mol. The zero-order valence-corrected chi connectivity index (χ0v) is 12.1. The molecule has 0 aliphatic rings. The summed E-state index contributed by atoms with van der Waals surface area (Å²) in [5.74, 6) is -1.04. The molecule has 0 aliphatic heterocycles. The lowest BCUT2D eigenvalue weighted by Crippen LogP contribution is -2.07. The van der Waals surface area contributed by atoms with Gasteiger partial charge in [-0.3, -0.25) is 4.79 Å². The Bertz CT molecular complexity index is 645. The molecule has 2 N–H and O–H groups in total. The summed E-state index contributed by atoms with van der Waals surface area (Å²) in [6, 6.07) is 9.91. The Morgan fingerprint density at radius 1 is 1.32 bits per heavy atom. The molecule has 19 heavy (non-hydrogen) atoms. The van der Waals surface area contributed by atoms with Crippen LogP contribution in [0, 0.1) is 5.82 Å². The Morgan fingerprint density at radius 2 is 2.05 bits per heavy atom. The molecule has 2 aromatic carbocycles. The largest absolute Gasteiger partial charge is 0.399 e. The van der Waals surface area contributed by atoms with Crippen LogP contribution >= 0.6 is 27.5 Å². The van der Waals surface area contributed by atoms with E-state index in [0.29, 0.717) is 10.2 Å². The summed E-state index contributed by atoms with van der Waals surface area (Å²) in [4.78, 5) is 12.1. The molecule has 0 saturated heterocycles. The molecule has 0 heterocycles. The van der Waals surface area contributed by atoms with E-state index in [1.165, 1.54) is 6.07 Å². The van der Waals surface area contributed by atoms with Crippen LogP contribution in [0.15, 0.2) is 40.9 Å². The molecule has 0 atom stereocenters. The normalized spacial score (nSPS) is 10.5. The minimum Gasteiger partial charge on any atom is -0.399 e. The Labute approximate surface area is 123 Å². The SMILES string of the molecule is Nc1cccc(CC(=O)c2ccc(Br)c(Cl)c2F)c1. The van der Waals surface area contributed by atoms with Gasteiger partial charge in [-0.15, -0.1) is 0 Å². The number of nitrogens with two attached hydrogens (primary N) is 1. The molecule has 2 aromatic rings. The maximum absolute atomic E-state index is 13.9. The fourth-order valence-corrected chi connectivity index (χ4v) is 2.20. The zero-order valence-electron chi connectivity index (χ0n) is 9.79. The molecule has 5 heteroatoms. The van der Waals surface area contributed by atoms with Gasteiger partial charge in [0.1, 0.15) is 0 Å². The first-order chi connectivity index (χ1) is 8.99. The van der Waals surface area contributed by atoms with E-state index in [4.69, 9.17) is 17.3 Å². The second-order valence-electron chi connectivity index (χ2n) is 4.07. The molecule has 0 radical (unpaired) electrons. The number of carbonyl (C=O) groups excluding carboxylic acids is 1. The number of Topliss-reactive ketones (excluding diaryl/α,β-unsaturated/α-hetero) is 1. The van der Waals surface area contributed by atoms with Crippen LogP contribution in [0.3, 0.4) is 0 Å². The van der Waals surface area contributed by atoms with Gasteiger partial charge < -0.3 is 5.73 Å². The number of rotatable bonds is 3. The minimum absolute atomic E-state index is 0.0179. The van der Waals surface area contributed by atoms with Crippen LogP contribution in [0.2, 0.25) is 5.02 Å². The van der Waals surface area contributed by atoms with Crippen LogP contribution < -0.4 is 5.73 Å². The predicted octanol–water partition coefficient (Wildman–Crippen LogP) is 4.25. The van der Waals surface area contributed by atoms with Gasteiger partial charge in [-0.1, -0.05) is 23.7 Å². The first-order valence-electron chi connectivity index (χ1n) is 5.50. The van der Waals surface area contributed by atoms with Crippen molar-refractivity contribution in [2.45, 2.75) is 6.42 Å². The first-order valence-corrected chi connectivity index (χ1v) is 6.67. The van der Waals surface area contributed by atoms with Crippen LogP contribution in [0.1, 0.15) is 15.9 Å². The summed E-state index contributed by atoms with van der Waals surface area (Å²) < 4.78 is 14.3. The Morgan fingerprint density at radius 3 is 2.74 bits per heavy atom. The van der Waals surface area contributed by atoms with Crippen LogP contribution in [0.25, 0.3) is 0 Å². The van der Waals surface area contributed by atoms with E-state index in [1.54, 1.807) is 30.3 Å². The average molecular weight is 343 g/mol. The maximum atomic E-state index is 13.9. The number of anilines is 1.